The summed E-state index contributed by atoms with van der Waals surface area (Å²) in [6, 6.07) is 7.99. The fourth-order valence-corrected chi connectivity index (χ4v) is 2.35. The number of carboxylic acid groups (broad SMARTS) is 1. The van der Waals surface area contributed by atoms with Crippen LogP contribution >= 0.6 is 0 Å². The van der Waals surface area contributed by atoms with Gasteiger partial charge in [0.25, 0.3) is 0 Å². The van der Waals surface area contributed by atoms with Crippen molar-refractivity contribution in [3.63, 3.8) is 0 Å². The maximum Gasteiger partial charge on any atom is 0.324 e. The minimum Gasteiger partial charge on any atom is -0.480 e. The molecule has 2 N–H and O–H groups in total. The zero-order valence-electron chi connectivity index (χ0n) is 9.49. The van der Waals surface area contributed by atoms with E-state index in [1.165, 1.54) is 0 Å². The van der Waals surface area contributed by atoms with Crippen molar-refractivity contribution in [2.24, 2.45) is 0 Å². The molecule has 0 saturated carbocycles. The highest BCUT2D eigenvalue weighted by Crippen LogP contribution is 2.25. The van der Waals surface area contributed by atoms with Crippen LogP contribution in [0, 0.1) is 6.92 Å². The van der Waals surface area contributed by atoms with E-state index in [0.717, 1.165) is 30.5 Å². The van der Waals surface area contributed by atoms with Crippen molar-refractivity contribution < 1.29 is 9.90 Å². The first-order chi connectivity index (χ1) is 7.64. The van der Waals surface area contributed by atoms with Crippen molar-refractivity contribution in [1.82, 2.24) is 5.32 Å². The van der Waals surface area contributed by atoms with E-state index in [2.05, 4.69) is 5.32 Å². The van der Waals surface area contributed by atoms with Crippen LogP contribution in [0.1, 0.15) is 24.0 Å². The van der Waals surface area contributed by atoms with E-state index < -0.39 is 11.5 Å². The third kappa shape index (κ3) is 1.95. The smallest absolute Gasteiger partial charge is 0.324 e. The fraction of sp³-hybridized carbons (Fsp3) is 0.462. The molecule has 1 saturated heterocycles. The van der Waals surface area contributed by atoms with Gasteiger partial charge in [-0.2, -0.15) is 0 Å². The molecule has 86 valence electrons. The minimum absolute atomic E-state index is 0.578. The molecule has 1 heterocycles. The van der Waals surface area contributed by atoms with E-state index in [-0.39, 0.29) is 0 Å². The summed E-state index contributed by atoms with van der Waals surface area (Å²) in [4.78, 5) is 11.4. The Bertz CT molecular complexity index is 395. The Morgan fingerprint density at radius 3 is 2.81 bits per heavy atom. The van der Waals surface area contributed by atoms with Crippen LogP contribution in [0.15, 0.2) is 24.3 Å². The van der Waals surface area contributed by atoms with Gasteiger partial charge in [-0.1, -0.05) is 24.3 Å². The average Bonchev–Trinajstić information content (AvgIpc) is 2.71. The Morgan fingerprint density at radius 1 is 1.50 bits per heavy atom. The van der Waals surface area contributed by atoms with E-state index in [0.29, 0.717) is 6.42 Å². The monoisotopic (exact) mass is 219 g/mol. The van der Waals surface area contributed by atoms with E-state index in [1.807, 2.05) is 31.2 Å². The normalized spacial score (nSPS) is 24.6. The van der Waals surface area contributed by atoms with Crippen molar-refractivity contribution in [3.8, 4) is 0 Å². The predicted octanol–water partition coefficient (Wildman–Crippen LogP) is 1.74. The van der Waals surface area contributed by atoms with Gasteiger partial charge >= 0.3 is 5.97 Å². The molecule has 0 amide bonds. The molecular weight excluding hydrogens is 202 g/mol. The maximum atomic E-state index is 11.4. The van der Waals surface area contributed by atoms with Crippen molar-refractivity contribution in [3.05, 3.63) is 35.4 Å². The molecule has 3 nitrogen and oxygen atoms in total. The number of hydrogen-bond donors (Lipinski definition) is 2. The minimum atomic E-state index is -0.744. The van der Waals surface area contributed by atoms with E-state index in [1.54, 1.807) is 0 Å². The summed E-state index contributed by atoms with van der Waals surface area (Å²) in [5, 5.41) is 12.5. The van der Waals surface area contributed by atoms with Crippen LogP contribution < -0.4 is 5.32 Å². The zero-order chi connectivity index (χ0) is 11.6. The first-order valence-corrected chi connectivity index (χ1v) is 5.67. The molecule has 1 fully saturated rings. The van der Waals surface area contributed by atoms with E-state index >= 15 is 0 Å². The number of rotatable bonds is 3. The van der Waals surface area contributed by atoms with Gasteiger partial charge in [-0.25, -0.2) is 0 Å². The van der Waals surface area contributed by atoms with E-state index in [9.17, 15) is 9.90 Å². The van der Waals surface area contributed by atoms with Gasteiger partial charge in [0.15, 0.2) is 0 Å². The summed E-state index contributed by atoms with van der Waals surface area (Å²) in [6.07, 6.45) is 2.24. The number of benzene rings is 1. The lowest BCUT2D eigenvalue weighted by atomic mass is 9.88. The molecule has 1 aromatic carbocycles. The number of hydrogen-bond acceptors (Lipinski definition) is 2. The van der Waals surface area contributed by atoms with Crippen LogP contribution in [-0.2, 0) is 11.2 Å². The van der Waals surface area contributed by atoms with Crippen LogP contribution in [0.5, 0.6) is 0 Å². The number of carbonyl (C=O) groups is 1. The van der Waals surface area contributed by atoms with Crippen molar-refractivity contribution in [2.45, 2.75) is 31.7 Å². The molecular formula is C13H17NO2. The van der Waals surface area contributed by atoms with Crippen LogP contribution in [0.25, 0.3) is 0 Å². The summed E-state index contributed by atoms with van der Waals surface area (Å²) in [7, 11) is 0. The first-order valence-electron chi connectivity index (χ1n) is 5.67. The van der Waals surface area contributed by atoms with Gasteiger partial charge < -0.3 is 10.4 Å². The molecule has 0 radical (unpaired) electrons. The molecule has 0 aromatic heterocycles. The summed E-state index contributed by atoms with van der Waals surface area (Å²) in [5.41, 5.74) is 1.54. The summed E-state index contributed by atoms with van der Waals surface area (Å²) in [5.74, 6) is -0.728. The van der Waals surface area contributed by atoms with Gasteiger partial charge in [0.05, 0.1) is 0 Å². The van der Waals surface area contributed by atoms with Crippen molar-refractivity contribution in [1.29, 1.82) is 0 Å². The second-order valence-corrected chi connectivity index (χ2v) is 4.52. The third-order valence-corrected chi connectivity index (χ3v) is 3.41. The lowest BCUT2D eigenvalue weighted by molar-refractivity contribution is -0.144. The molecule has 0 unspecified atom stereocenters. The Balaban J connectivity index is 2.25. The highest BCUT2D eigenvalue weighted by Gasteiger charge is 2.41. The Hall–Kier alpha value is -1.35. The number of nitrogens with one attached hydrogen (secondary N) is 1. The number of carboxylic acids is 1. The molecule has 2 rings (SSSR count). The number of aryl methyl sites for hydroxylation is 1. The predicted molar refractivity (Wildman–Crippen MR) is 62.5 cm³/mol. The molecule has 3 heteroatoms. The van der Waals surface area contributed by atoms with Gasteiger partial charge in [0.2, 0.25) is 0 Å². The molecule has 0 aliphatic carbocycles. The second kappa shape index (κ2) is 4.26. The van der Waals surface area contributed by atoms with Gasteiger partial charge in [-0.15, -0.1) is 0 Å². The molecule has 0 bridgehead atoms. The van der Waals surface area contributed by atoms with Crippen LogP contribution in [-0.4, -0.2) is 23.2 Å². The van der Waals surface area contributed by atoms with E-state index in [4.69, 9.17) is 0 Å². The van der Waals surface area contributed by atoms with Crippen LogP contribution in [0.4, 0.5) is 0 Å². The van der Waals surface area contributed by atoms with Gasteiger partial charge in [0, 0.05) is 6.42 Å². The van der Waals surface area contributed by atoms with Gasteiger partial charge in [-0.3, -0.25) is 4.79 Å². The molecule has 1 atom stereocenters. The largest absolute Gasteiger partial charge is 0.480 e. The first kappa shape index (κ1) is 11.1. The Labute approximate surface area is 95.5 Å². The quantitative estimate of drug-likeness (QED) is 0.814. The molecule has 1 aliphatic rings. The molecule has 1 aromatic rings. The lowest BCUT2D eigenvalue weighted by Gasteiger charge is -2.25. The topological polar surface area (TPSA) is 49.3 Å². The highest BCUT2D eigenvalue weighted by molar-refractivity contribution is 5.79. The average molecular weight is 219 g/mol. The van der Waals surface area contributed by atoms with Crippen molar-refractivity contribution in [2.75, 3.05) is 6.54 Å². The highest BCUT2D eigenvalue weighted by atomic mass is 16.4. The Kier molecular flexibility index (Phi) is 2.97. The maximum absolute atomic E-state index is 11.4. The van der Waals surface area contributed by atoms with Gasteiger partial charge in [-0.05, 0) is 37.4 Å². The number of aliphatic carboxylic acids is 1. The van der Waals surface area contributed by atoms with Crippen LogP contribution in [0.3, 0.4) is 0 Å². The molecule has 1 aliphatic heterocycles. The Morgan fingerprint density at radius 2 is 2.25 bits per heavy atom. The van der Waals surface area contributed by atoms with Crippen molar-refractivity contribution >= 4 is 5.97 Å². The SMILES string of the molecule is Cc1ccccc1C[C@]1(C(=O)O)CCCN1. The second-order valence-electron chi connectivity index (χ2n) is 4.52. The zero-order valence-corrected chi connectivity index (χ0v) is 9.49. The molecule has 0 spiro atoms. The summed E-state index contributed by atoms with van der Waals surface area (Å²) >= 11 is 0. The molecule has 16 heavy (non-hydrogen) atoms. The van der Waals surface area contributed by atoms with Gasteiger partial charge in [0.1, 0.15) is 5.54 Å². The third-order valence-electron chi connectivity index (χ3n) is 3.41. The fourth-order valence-electron chi connectivity index (χ4n) is 2.35. The lowest BCUT2D eigenvalue weighted by Crippen LogP contribution is -2.49. The van der Waals surface area contributed by atoms with Crippen LogP contribution in [0.2, 0.25) is 0 Å². The summed E-state index contributed by atoms with van der Waals surface area (Å²) in [6.45, 7) is 2.83. The standard InChI is InChI=1S/C13H17NO2/c1-10-5-2-3-6-11(10)9-13(12(15)16)7-4-8-14-13/h2-3,5-6,14H,4,7-9H2,1H3,(H,15,16)/t13-/m0/s1. The summed E-state index contributed by atoms with van der Waals surface area (Å²) < 4.78 is 0.